The summed E-state index contributed by atoms with van der Waals surface area (Å²) < 4.78 is 4.22. The summed E-state index contributed by atoms with van der Waals surface area (Å²) in [6.45, 7) is 2.41. The van der Waals surface area contributed by atoms with Crippen molar-refractivity contribution in [2.75, 3.05) is 0 Å². The number of rotatable bonds is 2. The van der Waals surface area contributed by atoms with E-state index in [2.05, 4.69) is 4.74 Å². The molecule has 1 aromatic rings. The second kappa shape index (κ2) is 3.37. The third-order valence-electron chi connectivity index (χ3n) is 1.36. The van der Waals surface area contributed by atoms with E-state index in [9.17, 15) is 0 Å². The Morgan fingerprint density at radius 2 is 1.90 bits per heavy atom. The molecule has 3 radical (unpaired) electrons. The maximum absolute atomic E-state index is 6.49. The van der Waals surface area contributed by atoms with Crippen LogP contribution >= 0.6 is 0 Å². The second-order valence-electron chi connectivity index (χ2n) is 2.27. The van der Waals surface area contributed by atoms with Crippen molar-refractivity contribution in [2.24, 2.45) is 0 Å². The van der Waals surface area contributed by atoms with Crippen LogP contribution in [0.5, 0.6) is 0 Å². The first-order chi connectivity index (χ1) is 4.83. The van der Waals surface area contributed by atoms with E-state index in [1.807, 2.05) is 31.2 Å². The summed E-state index contributed by atoms with van der Waals surface area (Å²) in [6.07, 6.45) is 0. The van der Waals surface area contributed by atoms with E-state index in [0.717, 1.165) is 5.56 Å². The zero-order chi connectivity index (χ0) is 7.40. The van der Waals surface area contributed by atoms with Gasteiger partial charge in [-0.1, -0.05) is 29.8 Å². The van der Waals surface area contributed by atoms with Gasteiger partial charge in [0.25, 0.3) is 0 Å². The molecule has 1 aromatic carbocycles. The van der Waals surface area contributed by atoms with Gasteiger partial charge >= 0.3 is 0 Å². The van der Waals surface area contributed by atoms with Crippen LogP contribution in [0.25, 0.3) is 0 Å². The zero-order valence-corrected chi connectivity index (χ0v) is 5.92. The van der Waals surface area contributed by atoms with Gasteiger partial charge in [-0.25, -0.2) is 0 Å². The van der Waals surface area contributed by atoms with Crippen molar-refractivity contribution in [3.63, 3.8) is 0 Å². The van der Waals surface area contributed by atoms with Crippen LogP contribution < -0.4 is 0 Å². The molecule has 1 nitrogen and oxygen atoms in total. The third-order valence-corrected chi connectivity index (χ3v) is 1.36. The Balaban J connectivity index is 2.69. The monoisotopic (exact) mass is 133 g/mol. The molecule has 1 heteroatoms. The summed E-state index contributed by atoms with van der Waals surface area (Å²) in [5.74, 6) is 0. The van der Waals surface area contributed by atoms with Crippen molar-refractivity contribution in [2.45, 2.75) is 13.5 Å². The maximum atomic E-state index is 6.49. The van der Waals surface area contributed by atoms with Gasteiger partial charge in [-0.2, -0.15) is 0 Å². The van der Waals surface area contributed by atoms with Gasteiger partial charge < -0.3 is 4.74 Å². The van der Waals surface area contributed by atoms with Crippen molar-refractivity contribution < 1.29 is 4.74 Å². The van der Waals surface area contributed by atoms with Gasteiger partial charge in [-0.15, -0.1) is 0 Å². The van der Waals surface area contributed by atoms with Crippen molar-refractivity contribution in [3.05, 3.63) is 42.5 Å². The first kappa shape index (κ1) is 7.29. The highest BCUT2D eigenvalue weighted by molar-refractivity contribution is 5.20. The minimum Gasteiger partial charge on any atom is -0.360 e. The molecular formula is C9H9O. The Labute approximate surface area is 61.6 Å². The van der Waals surface area contributed by atoms with Gasteiger partial charge in [0.15, 0.2) is 7.11 Å². The molecule has 0 aliphatic rings. The molecule has 0 unspecified atom stereocenters. The summed E-state index contributed by atoms with van der Waals surface area (Å²) in [5.41, 5.74) is 2.27. The van der Waals surface area contributed by atoms with E-state index < -0.39 is 0 Å². The quantitative estimate of drug-likeness (QED) is 0.600. The van der Waals surface area contributed by atoms with E-state index in [1.165, 1.54) is 5.56 Å². The zero-order valence-electron chi connectivity index (χ0n) is 5.92. The molecule has 0 saturated heterocycles. The predicted octanol–water partition coefficient (Wildman–Crippen LogP) is 2.06. The van der Waals surface area contributed by atoms with Gasteiger partial charge in [0.1, 0.15) is 0 Å². The van der Waals surface area contributed by atoms with Crippen LogP contribution in [-0.4, -0.2) is 0 Å². The molecule has 0 aliphatic heterocycles. The Bertz CT molecular complexity index is 188. The van der Waals surface area contributed by atoms with E-state index in [1.54, 1.807) is 0 Å². The van der Waals surface area contributed by atoms with Crippen molar-refractivity contribution in [1.29, 1.82) is 0 Å². The summed E-state index contributed by atoms with van der Waals surface area (Å²) in [6, 6.07) is 7.94. The number of benzene rings is 1. The molecule has 0 aliphatic carbocycles. The highest BCUT2D eigenvalue weighted by Crippen LogP contribution is 2.03. The lowest BCUT2D eigenvalue weighted by molar-refractivity contribution is 0.229. The molecule has 0 fully saturated rings. The lowest BCUT2D eigenvalue weighted by Crippen LogP contribution is -1.84. The summed E-state index contributed by atoms with van der Waals surface area (Å²) in [7, 11) is 6.49. The number of hydrogen-bond acceptors (Lipinski definition) is 1. The average Bonchev–Trinajstić information content (AvgIpc) is 1.95. The topological polar surface area (TPSA) is 9.23 Å². The largest absolute Gasteiger partial charge is 0.360 e. The number of ether oxygens (including phenoxy) is 1. The van der Waals surface area contributed by atoms with Crippen molar-refractivity contribution in [1.82, 2.24) is 0 Å². The molecule has 0 amide bonds. The fraction of sp³-hybridized carbons (Fsp3) is 0.222. The van der Waals surface area contributed by atoms with Crippen LogP contribution in [0.3, 0.4) is 0 Å². The summed E-state index contributed by atoms with van der Waals surface area (Å²) in [5, 5.41) is 0. The van der Waals surface area contributed by atoms with E-state index >= 15 is 0 Å². The molecule has 0 atom stereocenters. The van der Waals surface area contributed by atoms with Crippen molar-refractivity contribution in [3.8, 4) is 0 Å². The Morgan fingerprint density at radius 1 is 1.30 bits per heavy atom. The first-order valence-electron chi connectivity index (χ1n) is 3.17. The Hall–Kier alpha value is -0.820. The van der Waals surface area contributed by atoms with Gasteiger partial charge in [0.05, 0.1) is 6.61 Å². The van der Waals surface area contributed by atoms with Crippen molar-refractivity contribution >= 4 is 0 Å². The first-order valence-corrected chi connectivity index (χ1v) is 3.17. The van der Waals surface area contributed by atoms with Gasteiger partial charge in [-0.3, -0.25) is 0 Å². The Kier molecular flexibility index (Phi) is 2.46. The lowest BCUT2D eigenvalue weighted by Gasteiger charge is -1.97. The van der Waals surface area contributed by atoms with Crippen LogP contribution in [0.15, 0.2) is 24.3 Å². The summed E-state index contributed by atoms with van der Waals surface area (Å²) in [4.78, 5) is 0. The molecule has 10 heavy (non-hydrogen) atoms. The number of aryl methyl sites for hydroxylation is 1. The molecule has 0 heterocycles. The molecule has 0 spiro atoms. The maximum Gasteiger partial charge on any atom is 0.174 e. The molecule has 51 valence electrons. The second-order valence-corrected chi connectivity index (χ2v) is 2.27. The molecular weight excluding hydrogens is 124 g/mol. The third kappa shape index (κ3) is 1.85. The van der Waals surface area contributed by atoms with Crippen LogP contribution in [0.2, 0.25) is 0 Å². The van der Waals surface area contributed by atoms with Gasteiger partial charge in [0.2, 0.25) is 0 Å². The average molecular weight is 133 g/mol. The van der Waals surface area contributed by atoms with Crippen LogP contribution in [-0.2, 0) is 11.3 Å². The minimum absolute atomic E-state index is 0.375. The normalized spacial score (nSPS) is 9.80. The van der Waals surface area contributed by atoms with Gasteiger partial charge in [0, 0.05) is 0 Å². The van der Waals surface area contributed by atoms with Crippen LogP contribution in [0.1, 0.15) is 11.1 Å². The van der Waals surface area contributed by atoms with E-state index in [-0.39, 0.29) is 0 Å². The molecule has 0 bridgehead atoms. The fourth-order valence-electron chi connectivity index (χ4n) is 0.768. The molecule has 0 N–H and O–H groups in total. The Morgan fingerprint density at radius 3 is 2.40 bits per heavy atom. The van der Waals surface area contributed by atoms with Crippen LogP contribution in [0.4, 0.5) is 0 Å². The predicted molar refractivity (Wildman–Crippen MR) is 39.2 cm³/mol. The minimum atomic E-state index is 0.375. The number of hydrogen-bond donors (Lipinski definition) is 0. The molecule has 0 aromatic heterocycles. The molecule has 0 saturated carbocycles. The molecule has 1 rings (SSSR count). The summed E-state index contributed by atoms with van der Waals surface area (Å²) >= 11 is 0. The highest BCUT2D eigenvalue weighted by Gasteiger charge is 1.88. The van der Waals surface area contributed by atoms with Crippen LogP contribution in [0, 0.1) is 14.0 Å². The van der Waals surface area contributed by atoms with Gasteiger partial charge in [-0.05, 0) is 12.5 Å². The van der Waals surface area contributed by atoms with E-state index in [0.29, 0.717) is 6.61 Å². The lowest BCUT2D eigenvalue weighted by atomic mass is 10.2. The fourth-order valence-corrected chi connectivity index (χ4v) is 0.768. The highest BCUT2D eigenvalue weighted by atomic mass is 16.5. The smallest absolute Gasteiger partial charge is 0.174 e. The van der Waals surface area contributed by atoms with E-state index in [4.69, 9.17) is 7.11 Å². The SMILES string of the molecule is [C]OCc1ccc(C)cc1. The standard InChI is InChI=1S/C9H9O/c1-8-3-5-9(6-4-8)7-10-2/h3-6H,7H2,1H3.